The highest BCUT2D eigenvalue weighted by Gasteiger charge is 2.64. The number of halogens is 1. The smallest absolute Gasteiger partial charge is 0.248 e. The summed E-state index contributed by atoms with van der Waals surface area (Å²) in [4.78, 5) is 57.4. The van der Waals surface area contributed by atoms with Crippen LogP contribution in [-0.2, 0) is 27.4 Å². The van der Waals surface area contributed by atoms with Crippen LogP contribution >= 0.6 is 11.6 Å². The van der Waals surface area contributed by atoms with E-state index in [9.17, 15) is 14.4 Å². The molecular weight excluding hydrogens is 608 g/mol. The summed E-state index contributed by atoms with van der Waals surface area (Å²) >= 11 is 6.25. The van der Waals surface area contributed by atoms with Crippen LogP contribution in [0.4, 0.5) is 5.82 Å². The molecule has 1 unspecified atom stereocenters. The molecule has 13 heteroatoms. The Bertz CT molecular complexity index is 1850. The predicted molar refractivity (Wildman–Crippen MR) is 171 cm³/mol. The van der Waals surface area contributed by atoms with E-state index < -0.39 is 6.04 Å². The molecule has 1 saturated carbocycles. The van der Waals surface area contributed by atoms with Crippen LogP contribution in [-0.4, -0.2) is 90.5 Å². The second-order valence-electron chi connectivity index (χ2n) is 12.7. The number of aromatic nitrogens is 5. The van der Waals surface area contributed by atoms with Crippen molar-refractivity contribution < 1.29 is 19.1 Å². The maximum atomic E-state index is 14.0. The molecule has 3 aromatic heterocycles. The van der Waals surface area contributed by atoms with E-state index in [0.717, 1.165) is 36.2 Å². The number of pyridine rings is 1. The molecule has 0 spiro atoms. The van der Waals surface area contributed by atoms with Gasteiger partial charge in [-0.3, -0.25) is 24.0 Å². The molecule has 46 heavy (non-hydrogen) atoms. The Morgan fingerprint density at radius 3 is 2.57 bits per heavy atom. The Balaban J connectivity index is 1.13. The molecular formula is C33H35ClN8O4. The number of ketones is 1. The van der Waals surface area contributed by atoms with E-state index in [1.807, 2.05) is 31.2 Å². The lowest BCUT2D eigenvalue weighted by Crippen LogP contribution is -2.47. The predicted octanol–water partition coefficient (Wildman–Crippen LogP) is 3.90. The number of piperidine rings is 1. The molecule has 1 N–H and O–H groups in total. The van der Waals surface area contributed by atoms with E-state index in [4.69, 9.17) is 16.3 Å². The molecule has 2 aliphatic heterocycles. The lowest BCUT2D eigenvalue weighted by molar-refractivity contribution is -0.138. The number of morpholine rings is 1. The van der Waals surface area contributed by atoms with Crippen molar-refractivity contribution in [1.29, 1.82) is 0 Å². The van der Waals surface area contributed by atoms with Gasteiger partial charge in [-0.15, -0.1) is 0 Å². The molecule has 4 aromatic rings. The van der Waals surface area contributed by atoms with Gasteiger partial charge in [0.2, 0.25) is 11.8 Å². The van der Waals surface area contributed by atoms with Crippen molar-refractivity contribution in [1.82, 2.24) is 34.5 Å². The van der Waals surface area contributed by atoms with Gasteiger partial charge in [0.25, 0.3) is 0 Å². The SMILES string of the molecule is CC(=O)c1nn(CC(=O)N2C3C[C@]3(C)C[C@H]2C(=O)Nc2nc(Cl)ccc2CN2CCOCC2)c2ccc(-c3cnc(C)nc3)cc12. The number of carbonyl (C=O) groups is 3. The Labute approximate surface area is 271 Å². The first kappa shape index (κ1) is 30.4. The van der Waals surface area contributed by atoms with Crippen molar-refractivity contribution in [2.45, 2.75) is 58.8 Å². The topological polar surface area (TPSA) is 135 Å². The molecule has 0 radical (unpaired) electrons. The van der Waals surface area contributed by atoms with Crippen molar-refractivity contribution in [3.8, 4) is 11.1 Å². The van der Waals surface area contributed by atoms with Gasteiger partial charge in [-0.2, -0.15) is 5.10 Å². The number of amides is 2. The summed E-state index contributed by atoms with van der Waals surface area (Å²) in [5.41, 5.74) is 3.32. The van der Waals surface area contributed by atoms with Crippen molar-refractivity contribution in [2.24, 2.45) is 5.41 Å². The van der Waals surface area contributed by atoms with Crippen molar-refractivity contribution in [3.63, 3.8) is 0 Å². The lowest BCUT2D eigenvalue weighted by atomic mass is 10.0. The number of hydrogen-bond acceptors (Lipinski definition) is 9. The minimum absolute atomic E-state index is 0.0434. The number of carbonyl (C=O) groups excluding carboxylic acids is 3. The zero-order valence-electron chi connectivity index (χ0n) is 26.0. The number of anilines is 1. The number of Topliss-reactive ketones (excluding diaryl/α,β-unsaturated/α-hetero) is 1. The summed E-state index contributed by atoms with van der Waals surface area (Å²) in [6, 6.07) is 8.52. The third kappa shape index (κ3) is 5.76. The number of ether oxygens (including phenoxy) is 1. The Kier molecular flexibility index (Phi) is 7.82. The number of likely N-dealkylation sites (tertiary alicyclic amines) is 1. The van der Waals surface area contributed by atoms with Gasteiger partial charge in [-0.05, 0) is 48.9 Å². The van der Waals surface area contributed by atoms with Gasteiger partial charge in [0, 0.05) is 61.5 Å². The lowest BCUT2D eigenvalue weighted by Gasteiger charge is -2.28. The molecule has 2 amide bonds. The first-order valence-electron chi connectivity index (χ1n) is 15.5. The maximum absolute atomic E-state index is 14.0. The second kappa shape index (κ2) is 11.8. The molecule has 238 valence electrons. The quantitative estimate of drug-likeness (QED) is 0.224. The molecule has 3 fully saturated rings. The number of hydrogen-bond donors (Lipinski definition) is 1. The fourth-order valence-corrected chi connectivity index (χ4v) is 6.90. The molecule has 1 aromatic carbocycles. The molecule has 7 rings (SSSR count). The van der Waals surface area contributed by atoms with Crippen LogP contribution in [0.15, 0.2) is 42.7 Å². The van der Waals surface area contributed by atoms with Gasteiger partial charge < -0.3 is 15.0 Å². The average molecular weight is 643 g/mol. The molecule has 3 atom stereocenters. The molecule has 5 heterocycles. The van der Waals surface area contributed by atoms with E-state index in [2.05, 4.69) is 37.2 Å². The van der Waals surface area contributed by atoms with Gasteiger partial charge in [0.05, 0.1) is 18.7 Å². The van der Waals surface area contributed by atoms with E-state index in [1.165, 1.54) is 6.92 Å². The summed E-state index contributed by atoms with van der Waals surface area (Å²) in [5.74, 6) is 0.345. The highest BCUT2D eigenvalue weighted by atomic mass is 35.5. The van der Waals surface area contributed by atoms with E-state index in [1.54, 1.807) is 28.0 Å². The van der Waals surface area contributed by atoms with Crippen LogP contribution < -0.4 is 5.32 Å². The van der Waals surface area contributed by atoms with Crippen LogP contribution in [0.1, 0.15) is 48.6 Å². The van der Waals surface area contributed by atoms with Crippen LogP contribution in [0.5, 0.6) is 0 Å². The third-order valence-corrected chi connectivity index (χ3v) is 9.60. The van der Waals surface area contributed by atoms with Crippen molar-refractivity contribution in [2.75, 3.05) is 31.6 Å². The zero-order valence-corrected chi connectivity index (χ0v) is 26.8. The first-order chi connectivity index (χ1) is 22.1. The number of benzene rings is 1. The minimum Gasteiger partial charge on any atom is -0.379 e. The standard InChI is InChI=1S/C33H35ClN8O4/c1-19(43)30-24-12-21(23-15-35-20(2)36-16-23)4-6-25(24)41(39-30)18-29(44)42-26(13-33(3)14-27(33)42)32(45)38-31-22(5-7-28(34)37-31)17-40-8-10-46-11-9-40/h4-7,12,15-16,26-27H,8-11,13-14,17-18H2,1-3H3,(H,37,38,45)/t26-,27?,33-/m0/s1. The van der Waals surface area contributed by atoms with Crippen molar-refractivity contribution >= 4 is 45.9 Å². The van der Waals surface area contributed by atoms with E-state index in [-0.39, 0.29) is 46.4 Å². The molecule has 2 saturated heterocycles. The average Bonchev–Trinajstić information content (AvgIpc) is 3.40. The first-order valence-corrected chi connectivity index (χ1v) is 15.9. The van der Waals surface area contributed by atoms with Crippen LogP contribution in [0, 0.1) is 12.3 Å². The number of aryl methyl sites for hydroxylation is 1. The van der Waals surface area contributed by atoms with Gasteiger partial charge in [0.15, 0.2) is 5.78 Å². The summed E-state index contributed by atoms with van der Waals surface area (Å²) < 4.78 is 7.04. The Morgan fingerprint density at radius 2 is 1.83 bits per heavy atom. The molecule has 1 aliphatic carbocycles. The Hall–Kier alpha value is -4.26. The highest BCUT2D eigenvalue weighted by Crippen LogP contribution is 2.59. The zero-order chi connectivity index (χ0) is 32.2. The fraction of sp³-hybridized carbons (Fsp3) is 0.424. The third-order valence-electron chi connectivity index (χ3n) is 9.39. The van der Waals surface area contributed by atoms with Gasteiger partial charge >= 0.3 is 0 Å². The van der Waals surface area contributed by atoms with E-state index in [0.29, 0.717) is 48.7 Å². The fourth-order valence-electron chi connectivity index (χ4n) is 6.75. The number of fused-ring (bicyclic) bond motifs is 2. The minimum atomic E-state index is -0.671. The molecule has 3 aliphatic rings. The highest BCUT2D eigenvalue weighted by molar-refractivity contribution is 6.29. The van der Waals surface area contributed by atoms with Crippen molar-refractivity contribution in [3.05, 3.63) is 65.0 Å². The number of rotatable bonds is 8. The van der Waals surface area contributed by atoms with Gasteiger partial charge in [-0.1, -0.05) is 30.7 Å². The van der Waals surface area contributed by atoms with Gasteiger partial charge in [0.1, 0.15) is 35.1 Å². The summed E-state index contributed by atoms with van der Waals surface area (Å²) in [7, 11) is 0. The maximum Gasteiger partial charge on any atom is 0.248 e. The Morgan fingerprint density at radius 1 is 1.07 bits per heavy atom. The number of nitrogens with zero attached hydrogens (tertiary/aromatic N) is 7. The summed E-state index contributed by atoms with van der Waals surface area (Å²) in [5, 5.41) is 8.49. The molecule has 0 bridgehead atoms. The summed E-state index contributed by atoms with van der Waals surface area (Å²) in [6.07, 6.45) is 4.86. The van der Waals surface area contributed by atoms with Crippen LogP contribution in [0.3, 0.4) is 0 Å². The van der Waals surface area contributed by atoms with Crippen LogP contribution in [0.2, 0.25) is 5.15 Å². The monoisotopic (exact) mass is 642 g/mol. The largest absolute Gasteiger partial charge is 0.379 e. The normalized spacial score (nSPS) is 22.6. The second-order valence-corrected chi connectivity index (χ2v) is 13.1. The molecule has 12 nitrogen and oxygen atoms in total. The van der Waals surface area contributed by atoms with Crippen LogP contribution in [0.25, 0.3) is 22.0 Å². The van der Waals surface area contributed by atoms with E-state index >= 15 is 0 Å². The van der Waals surface area contributed by atoms with Gasteiger partial charge in [-0.25, -0.2) is 15.0 Å². The summed E-state index contributed by atoms with van der Waals surface area (Å²) in [6.45, 7) is 8.77. The number of nitrogens with one attached hydrogen (secondary N) is 1.